The van der Waals surface area contributed by atoms with Gasteiger partial charge in [0.25, 0.3) is 0 Å². The Balaban J connectivity index is 1.40. The van der Waals surface area contributed by atoms with E-state index >= 15 is 0 Å². The number of hydrogen-bond acceptors (Lipinski definition) is 10. The van der Waals surface area contributed by atoms with Crippen molar-refractivity contribution in [2.24, 2.45) is 5.92 Å². The van der Waals surface area contributed by atoms with Crippen LogP contribution in [0.2, 0.25) is 0 Å². The first-order chi connectivity index (χ1) is 21.5. The van der Waals surface area contributed by atoms with Gasteiger partial charge in [-0.25, -0.2) is 0 Å². The number of fused-ring (bicyclic) bond motifs is 4. The van der Waals surface area contributed by atoms with E-state index in [-0.39, 0.29) is 42.5 Å². The van der Waals surface area contributed by atoms with Crippen LogP contribution in [0, 0.1) is 24.2 Å². The second-order valence-electron chi connectivity index (χ2n) is 13.7. The van der Waals surface area contributed by atoms with Crippen LogP contribution in [-0.4, -0.2) is 76.9 Å². The van der Waals surface area contributed by atoms with Gasteiger partial charge in [0.1, 0.15) is 17.6 Å². The molecule has 2 aliphatic carbocycles. The van der Waals surface area contributed by atoms with E-state index in [1.807, 2.05) is 27.7 Å². The summed E-state index contributed by atoms with van der Waals surface area (Å²) >= 11 is 0. The molecule has 2 bridgehead atoms. The van der Waals surface area contributed by atoms with Crippen molar-refractivity contribution in [3.8, 4) is 23.3 Å². The molecular weight excluding hydrogens is 576 g/mol. The van der Waals surface area contributed by atoms with E-state index in [4.69, 9.17) is 18.9 Å². The summed E-state index contributed by atoms with van der Waals surface area (Å²) in [4.78, 5) is 30.3. The van der Waals surface area contributed by atoms with Gasteiger partial charge in [0.15, 0.2) is 17.3 Å². The SMILES string of the molecule is CCCC(=O)NCC1(C)c2c(c(OC(C)=O)c(C)c3c2OCO3)CC2N1[C@@H](C#N)CC13CN1C21C2=C3C=C(C)C(OC)=C(O)C21. The van der Waals surface area contributed by atoms with Crippen LogP contribution in [0.15, 0.2) is 34.3 Å². The van der Waals surface area contributed by atoms with Crippen molar-refractivity contribution in [2.75, 3.05) is 27.0 Å². The number of rotatable bonds is 6. The third-order valence-corrected chi connectivity index (χ3v) is 11.4. The normalized spacial score (nSPS) is 36.0. The molecule has 236 valence electrons. The van der Waals surface area contributed by atoms with Gasteiger partial charge >= 0.3 is 5.97 Å². The lowest BCUT2D eigenvalue weighted by atomic mass is 9.72. The third kappa shape index (κ3) is 3.26. The zero-order valence-electron chi connectivity index (χ0n) is 26.5. The fraction of sp³-hybridized carbons (Fsp3) is 0.559. The first-order valence-corrected chi connectivity index (χ1v) is 15.8. The molecule has 2 N–H and O–H groups in total. The van der Waals surface area contributed by atoms with Crippen LogP contribution >= 0.6 is 0 Å². The molecule has 1 aromatic carbocycles. The standard InChI is InChI=1S/C34H38N4O7/c1-7-8-23(40)36-13-32(5)24-20(29(45-18(4)39)17(3)30-31(24)44-15-43-30)10-22-34-25-21(9-16(2)28(42-6)27(41)26(25)34)33(14-37(33)34)11-19(12-35)38(22)32/h9,19,22,26,41H,7-8,10-11,13-15H2,1-6H3,(H,36,40)/t19-,22?,26?,32?,33?,34?,37?/m1/s1. The molecule has 11 heteroatoms. The summed E-state index contributed by atoms with van der Waals surface area (Å²) in [6.45, 7) is 10.2. The summed E-state index contributed by atoms with van der Waals surface area (Å²) in [6, 6.07) is 1.85. The second-order valence-corrected chi connectivity index (χ2v) is 13.7. The molecular formula is C34H38N4O7. The van der Waals surface area contributed by atoms with Crippen LogP contribution < -0.4 is 19.5 Å². The first kappa shape index (κ1) is 28.5. The van der Waals surface area contributed by atoms with Crippen molar-refractivity contribution in [3.05, 3.63) is 51.0 Å². The Bertz CT molecular complexity index is 1750. The maximum Gasteiger partial charge on any atom is 0.308 e. The Morgan fingerprint density at radius 2 is 2.02 bits per heavy atom. The van der Waals surface area contributed by atoms with Crippen LogP contribution in [0.1, 0.15) is 63.6 Å². The van der Waals surface area contributed by atoms with E-state index in [0.29, 0.717) is 54.3 Å². The lowest BCUT2D eigenvalue weighted by Gasteiger charge is -2.54. The fourth-order valence-corrected chi connectivity index (χ4v) is 9.83. The summed E-state index contributed by atoms with van der Waals surface area (Å²) in [7, 11) is 1.58. The number of hydrogen-bond donors (Lipinski definition) is 2. The number of ether oxygens (including phenoxy) is 4. The molecule has 1 spiro atoms. The summed E-state index contributed by atoms with van der Waals surface area (Å²) in [5.74, 6) is 1.36. The molecule has 6 unspecified atom stereocenters. The van der Waals surface area contributed by atoms with Crippen molar-refractivity contribution >= 4 is 11.9 Å². The number of amides is 1. The number of aliphatic hydroxyl groups excluding tert-OH is 1. The second kappa shape index (κ2) is 9.04. The number of methoxy groups -OCH3 is 1. The Morgan fingerprint density at radius 1 is 1.27 bits per heavy atom. The van der Waals surface area contributed by atoms with E-state index in [1.54, 1.807) is 7.11 Å². The smallest absolute Gasteiger partial charge is 0.308 e. The van der Waals surface area contributed by atoms with Crippen molar-refractivity contribution in [3.63, 3.8) is 0 Å². The number of carbonyl (C=O) groups is 2. The van der Waals surface area contributed by atoms with Gasteiger partial charge in [-0.2, -0.15) is 5.26 Å². The summed E-state index contributed by atoms with van der Waals surface area (Å²) in [5.41, 5.74) is 3.62. The summed E-state index contributed by atoms with van der Waals surface area (Å²) < 4.78 is 23.8. The van der Waals surface area contributed by atoms with E-state index in [2.05, 4.69) is 27.3 Å². The molecule has 1 amide bonds. The Hall–Kier alpha value is -4.01. The van der Waals surface area contributed by atoms with Gasteiger partial charge in [-0.3, -0.25) is 19.4 Å². The zero-order chi connectivity index (χ0) is 31.8. The molecule has 8 rings (SSSR count). The number of carbonyl (C=O) groups excluding carboxylic acids is 2. The third-order valence-electron chi connectivity index (χ3n) is 11.4. The molecule has 5 aliphatic heterocycles. The molecule has 2 saturated heterocycles. The summed E-state index contributed by atoms with van der Waals surface area (Å²) in [6.07, 6.45) is 4.24. The zero-order valence-corrected chi connectivity index (χ0v) is 26.5. The minimum Gasteiger partial charge on any atom is -0.508 e. The minimum absolute atomic E-state index is 0.0127. The van der Waals surface area contributed by atoms with Crippen molar-refractivity contribution in [1.82, 2.24) is 15.1 Å². The van der Waals surface area contributed by atoms with Gasteiger partial charge in [-0.05, 0) is 50.3 Å². The number of benzene rings is 1. The Kier molecular flexibility index (Phi) is 5.72. The van der Waals surface area contributed by atoms with Crippen LogP contribution in [-0.2, 0) is 26.3 Å². The highest BCUT2D eigenvalue weighted by atomic mass is 16.7. The maximum atomic E-state index is 13.0. The van der Waals surface area contributed by atoms with E-state index in [9.17, 15) is 20.0 Å². The number of esters is 1. The van der Waals surface area contributed by atoms with E-state index in [0.717, 1.165) is 23.2 Å². The van der Waals surface area contributed by atoms with Gasteiger partial charge in [0.05, 0.1) is 35.7 Å². The number of nitrogens with zero attached hydrogens (tertiary/aromatic N) is 3. The topological polar surface area (TPSA) is 133 Å². The lowest BCUT2D eigenvalue weighted by Crippen LogP contribution is -2.66. The van der Waals surface area contributed by atoms with Crippen LogP contribution in [0.25, 0.3) is 0 Å². The van der Waals surface area contributed by atoms with Gasteiger partial charge in [0.2, 0.25) is 12.7 Å². The Morgan fingerprint density at radius 3 is 2.71 bits per heavy atom. The lowest BCUT2D eigenvalue weighted by molar-refractivity contribution is -0.132. The number of nitrogens with one attached hydrogen (secondary N) is 1. The van der Waals surface area contributed by atoms with E-state index in [1.165, 1.54) is 18.1 Å². The molecule has 5 heterocycles. The monoisotopic (exact) mass is 614 g/mol. The number of aliphatic hydroxyl groups is 1. The molecule has 11 nitrogen and oxygen atoms in total. The van der Waals surface area contributed by atoms with E-state index < -0.39 is 23.1 Å². The predicted octanol–water partition coefficient (Wildman–Crippen LogP) is 3.41. The van der Waals surface area contributed by atoms with Crippen LogP contribution in [0.5, 0.6) is 17.2 Å². The highest BCUT2D eigenvalue weighted by Crippen LogP contribution is 2.79. The first-order valence-electron chi connectivity index (χ1n) is 15.8. The van der Waals surface area contributed by atoms with Gasteiger partial charge in [0, 0.05) is 55.6 Å². The van der Waals surface area contributed by atoms with Gasteiger partial charge < -0.3 is 29.4 Å². The molecule has 7 atom stereocenters. The number of allylic oxidation sites excluding steroid dienone is 1. The van der Waals surface area contributed by atoms with Crippen molar-refractivity contribution < 1.29 is 33.6 Å². The molecule has 7 aliphatic rings. The Labute approximate surface area is 262 Å². The van der Waals surface area contributed by atoms with Crippen LogP contribution in [0.3, 0.4) is 0 Å². The average Bonchev–Trinajstić information content (AvgIpc) is 3.82. The largest absolute Gasteiger partial charge is 0.508 e. The maximum absolute atomic E-state index is 13.0. The molecule has 1 saturated carbocycles. The number of nitriles is 1. The van der Waals surface area contributed by atoms with Crippen LogP contribution in [0.4, 0.5) is 0 Å². The molecule has 1 aromatic rings. The van der Waals surface area contributed by atoms with Crippen molar-refractivity contribution in [1.29, 1.82) is 5.26 Å². The molecule has 3 fully saturated rings. The molecule has 45 heavy (non-hydrogen) atoms. The highest BCUT2D eigenvalue weighted by Gasteiger charge is 2.87. The van der Waals surface area contributed by atoms with Crippen molar-refractivity contribution in [2.45, 2.75) is 89.0 Å². The highest BCUT2D eigenvalue weighted by molar-refractivity contribution is 5.78. The average molecular weight is 615 g/mol. The summed E-state index contributed by atoms with van der Waals surface area (Å²) in [5, 5.41) is 25.9. The van der Waals surface area contributed by atoms with Gasteiger partial charge in [-0.15, -0.1) is 0 Å². The molecule has 0 aromatic heterocycles. The quantitative estimate of drug-likeness (QED) is 0.279. The predicted molar refractivity (Wildman–Crippen MR) is 160 cm³/mol. The fourth-order valence-electron chi connectivity index (χ4n) is 9.83. The molecule has 0 radical (unpaired) electrons. The van der Waals surface area contributed by atoms with Gasteiger partial charge in [-0.1, -0.05) is 13.0 Å². The minimum atomic E-state index is -0.955.